The van der Waals surface area contributed by atoms with Gasteiger partial charge in [0.1, 0.15) is 5.78 Å². The average Bonchev–Trinajstić information content (AvgIpc) is 3.24. The number of hydrogen-bond acceptors (Lipinski definition) is 5. The zero-order valence-electron chi connectivity index (χ0n) is 17.0. The molecule has 154 valence electrons. The summed E-state index contributed by atoms with van der Waals surface area (Å²) in [4.78, 5) is 11.5. The highest BCUT2D eigenvalue weighted by Crippen LogP contribution is 2.54. The molecule has 4 bridgehead atoms. The molecule has 1 saturated heterocycles. The molecule has 27 heavy (non-hydrogen) atoms. The Morgan fingerprint density at radius 2 is 1.30 bits per heavy atom. The van der Waals surface area contributed by atoms with Crippen LogP contribution in [0.25, 0.3) is 0 Å². The van der Waals surface area contributed by atoms with E-state index in [0.717, 1.165) is 65.0 Å². The summed E-state index contributed by atoms with van der Waals surface area (Å²) in [6.45, 7) is 7.29. The number of Topliss-reactive ketones (excluding diaryl/α,β-unsaturated/α-hetero) is 1. The van der Waals surface area contributed by atoms with Crippen LogP contribution in [-0.4, -0.2) is 50.2 Å². The fourth-order valence-corrected chi connectivity index (χ4v) is 6.31. The number of carbonyl (C=O) groups excluding carboxylic acids is 1. The van der Waals surface area contributed by atoms with Crippen molar-refractivity contribution in [2.45, 2.75) is 83.2 Å². The second kappa shape index (κ2) is 8.48. The quantitative estimate of drug-likeness (QED) is 0.744. The largest absolute Gasteiger partial charge is 0.378 e. The van der Waals surface area contributed by atoms with Crippen LogP contribution < -0.4 is 0 Å². The maximum absolute atomic E-state index is 11.5. The maximum Gasteiger partial charge on any atom is 0.174 e. The number of hydrogen-bond donors (Lipinski definition) is 0. The van der Waals surface area contributed by atoms with E-state index in [4.69, 9.17) is 18.9 Å². The molecule has 0 aromatic heterocycles. The lowest BCUT2D eigenvalue weighted by Gasteiger charge is -2.41. The lowest BCUT2D eigenvalue weighted by atomic mass is 9.81. The molecule has 5 nitrogen and oxygen atoms in total. The Morgan fingerprint density at radius 1 is 0.815 bits per heavy atom. The molecular formula is C22H36O5. The molecular weight excluding hydrogens is 344 g/mol. The van der Waals surface area contributed by atoms with Crippen LogP contribution in [0.5, 0.6) is 0 Å². The van der Waals surface area contributed by atoms with Gasteiger partial charge in [-0.1, -0.05) is 0 Å². The summed E-state index contributed by atoms with van der Waals surface area (Å²) in [5.74, 6) is 2.17. The van der Waals surface area contributed by atoms with Crippen LogP contribution in [0.2, 0.25) is 0 Å². The first kappa shape index (κ1) is 19.8. The molecule has 4 saturated carbocycles. The summed E-state index contributed by atoms with van der Waals surface area (Å²) in [5, 5.41) is 0. The standard InChI is InChI=1S/C12H20O3.C10H16O2/c1-2-13-11-7-9-3-4-10(8-11)12(9)14-5-6-15-12;1-2-12-9-5-7-3-4-8(6-9)10(7)11/h9-11H,2-8H2,1H3;7-9H,2-6H2,1H3/t9-,10+,11?;7-,8+,9?. The van der Waals surface area contributed by atoms with Gasteiger partial charge in [0, 0.05) is 36.9 Å². The first-order valence-electron chi connectivity index (χ1n) is 11.2. The first-order valence-corrected chi connectivity index (χ1v) is 11.2. The Kier molecular flexibility index (Phi) is 6.22. The Hall–Kier alpha value is -0.490. The van der Waals surface area contributed by atoms with Crippen molar-refractivity contribution in [3.8, 4) is 0 Å². The van der Waals surface area contributed by atoms with E-state index >= 15 is 0 Å². The third-order valence-electron chi connectivity index (χ3n) is 7.40. The molecule has 0 aromatic rings. The predicted molar refractivity (Wildman–Crippen MR) is 101 cm³/mol. The molecule has 0 N–H and O–H groups in total. The first-order chi connectivity index (χ1) is 13.2. The molecule has 5 fully saturated rings. The summed E-state index contributed by atoms with van der Waals surface area (Å²) >= 11 is 0. The van der Waals surface area contributed by atoms with Crippen molar-refractivity contribution in [1.82, 2.24) is 0 Å². The van der Waals surface area contributed by atoms with E-state index in [1.54, 1.807) is 0 Å². The van der Waals surface area contributed by atoms with Crippen LogP contribution in [0.4, 0.5) is 0 Å². The van der Waals surface area contributed by atoms with Gasteiger partial charge in [0.05, 0.1) is 25.4 Å². The van der Waals surface area contributed by atoms with E-state index in [-0.39, 0.29) is 5.79 Å². The van der Waals surface area contributed by atoms with Gasteiger partial charge < -0.3 is 18.9 Å². The Bertz CT molecular complexity index is 483. The van der Waals surface area contributed by atoms with Crippen molar-refractivity contribution in [3.05, 3.63) is 0 Å². The second-order valence-corrected chi connectivity index (χ2v) is 8.86. The SMILES string of the molecule is CCOC1C[C@H]2CC[C@@H](C1)C21OCCO1.CCOC1C[C@H]2CC[C@@H](C1)C2=O. The summed E-state index contributed by atoms with van der Waals surface area (Å²) in [6.07, 6.45) is 9.82. The topological polar surface area (TPSA) is 54.0 Å². The third-order valence-corrected chi connectivity index (χ3v) is 7.40. The number of ketones is 1. The molecule has 5 heteroatoms. The van der Waals surface area contributed by atoms with E-state index in [1.165, 1.54) is 12.8 Å². The average molecular weight is 381 g/mol. The Labute approximate surface area is 163 Å². The van der Waals surface area contributed by atoms with Gasteiger partial charge in [0.2, 0.25) is 0 Å². The fraction of sp³-hybridized carbons (Fsp3) is 0.955. The van der Waals surface area contributed by atoms with Crippen molar-refractivity contribution in [3.63, 3.8) is 0 Å². The van der Waals surface area contributed by atoms with E-state index in [0.29, 0.717) is 41.7 Å². The predicted octanol–water partition coefficient (Wildman–Crippen LogP) is 3.74. The van der Waals surface area contributed by atoms with E-state index < -0.39 is 0 Å². The van der Waals surface area contributed by atoms with Gasteiger partial charge in [-0.25, -0.2) is 0 Å². The van der Waals surface area contributed by atoms with Crippen LogP contribution in [0, 0.1) is 23.7 Å². The molecule has 0 amide bonds. The normalized spacial score (nSPS) is 41.6. The zero-order valence-corrected chi connectivity index (χ0v) is 17.0. The molecule has 1 spiro atoms. The summed E-state index contributed by atoms with van der Waals surface area (Å²) in [7, 11) is 0. The minimum absolute atomic E-state index is 0.201. The second-order valence-electron chi connectivity index (χ2n) is 8.86. The van der Waals surface area contributed by atoms with Gasteiger partial charge in [0.15, 0.2) is 5.79 Å². The van der Waals surface area contributed by atoms with Crippen molar-refractivity contribution in [1.29, 1.82) is 0 Å². The monoisotopic (exact) mass is 380 g/mol. The molecule has 2 unspecified atom stereocenters. The van der Waals surface area contributed by atoms with Crippen LogP contribution in [0.15, 0.2) is 0 Å². The van der Waals surface area contributed by atoms with Gasteiger partial charge >= 0.3 is 0 Å². The van der Waals surface area contributed by atoms with Gasteiger partial charge in [-0.3, -0.25) is 4.79 Å². The molecule has 1 aliphatic heterocycles. The van der Waals surface area contributed by atoms with Crippen molar-refractivity contribution in [2.24, 2.45) is 23.7 Å². The van der Waals surface area contributed by atoms with Gasteiger partial charge in [0.25, 0.3) is 0 Å². The molecule has 6 atom stereocenters. The van der Waals surface area contributed by atoms with Crippen LogP contribution >= 0.6 is 0 Å². The van der Waals surface area contributed by atoms with E-state index in [9.17, 15) is 4.79 Å². The minimum atomic E-state index is -0.201. The molecule has 0 aromatic carbocycles. The van der Waals surface area contributed by atoms with Gasteiger partial charge in [-0.05, 0) is 65.2 Å². The zero-order chi connectivity index (χ0) is 18.9. The molecule has 4 aliphatic carbocycles. The summed E-state index contributed by atoms with van der Waals surface area (Å²) < 4.78 is 23.1. The number of carbonyl (C=O) groups is 1. The smallest absolute Gasteiger partial charge is 0.174 e. The highest BCUT2D eigenvalue weighted by Gasteiger charge is 2.58. The van der Waals surface area contributed by atoms with Crippen molar-refractivity contribution >= 4 is 5.78 Å². The Balaban J connectivity index is 0.000000137. The lowest BCUT2D eigenvalue weighted by molar-refractivity contribution is -0.237. The third kappa shape index (κ3) is 3.85. The number of rotatable bonds is 4. The van der Waals surface area contributed by atoms with E-state index in [2.05, 4.69) is 6.92 Å². The van der Waals surface area contributed by atoms with Gasteiger partial charge in [-0.15, -0.1) is 0 Å². The molecule has 5 rings (SSSR count). The molecule has 0 radical (unpaired) electrons. The minimum Gasteiger partial charge on any atom is -0.378 e. The highest BCUT2D eigenvalue weighted by atomic mass is 16.7. The van der Waals surface area contributed by atoms with Crippen LogP contribution in [0.3, 0.4) is 0 Å². The van der Waals surface area contributed by atoms with Crippen LogP contribution in [0.1, 0.15) is 65.2 Å². The van der Waals surface area contributed by atoms with Crippen LogP contribution in [-0.2, 0) is 23.7 Å². The van der Waals surface area contributed by atoms with Crippen molar-refractivity contribution in [2.75, 3.05) is 26.4 Å². The molecule has 5 aliphatic rings. The summed E-state index contributed by atoms with van der Waals surface area (Å²) in [5.41, 5.74) is 0. The Morgan fingerprint density at radius 3 is 1.78 bits per heavy atom. The summed E-state index contributed by atoms with van der Waals surface area (Å²) in [6, 6.07) is 0. The lowest BCUT2D eigenvalue weighted by Crippen LogP contribution is -2.47. The van der Waals surface area contributed by atoms with E-state index in [1.807, 2.05) is 6.92 Å². The molecule has 1 heterocycles. The number of fused-ring (bicyclic) bond motifs is 2. The maximum atomic E-state index is 11.5. The number of ether oxygens (including phenoxy) is 4. The highest BCUT2D eigenvalue weighted by molar-refractivity contribution is 5.86. The van der Waals surface area contributed by atoms with Gasteiger partial charge in [-0.2, -0.15) is 0 Å². The van der Waals surface area contributed by atoms with Crippen molar-refractivity contribution < 1.29 is 23.7 Å². The fourth-order valence-electron chi connectivity index (χ4n) is 6.31.